The lowest BCUT2D eigenvalue weighted by Gasteiger charge is -2.13. The maximum atomic E-state index is 6.37. The van der Waals surface area contributed by atoms with Crippen molar-refractivity contribution in [2.24, 2.45) is 0 Å². The average molecular weight is 287 g/mol. The Morgan fingerprint density at radius 2 is 1.89 bits per heavy atom. The molecule has 1 atom stereocenters. The second-order valence-electron chi connectivity index (χ2n) is 3.61. The maximum Gasteiger partial charge on any atom is 0.193 e. The third kappa shape index (κ3) is 2.57. The van der Waals surface area contributed by atoms with E-state index < -0.39 is 5.38 Å². The Morgan fingerprint density at radius 3 is 2.44 bits per heavy atom. The van der Waals surface area contributed by atoms with Crippen molar-refractivity contribution in [1.29, 1.82) is 0 Å². The van der Waals surface area contributed by atoms with Gasteiger partial charge in [0.05, 0.1) is 14.2 Å². The van der Waals surface area contributed by atoms with E-state index in [2.05, 4.69) is 0 Å². The summed E-state index contributed by atoms with van der Waals surface area (Å²) < 4.78 is 15.8. The van der Waals surface area contributed by atoms with Gasteiger partial charge in [-0.2, -0.15) is 0 Å². The summed E-state index contributed by atoms with van der Waals surface area (Å²) in [7, 11) is 3.18. The summed E-state index contributed by atoms with van der Waals surface area (Å²) in [6, 6.07) is 8.81. The van der Waals surface area contributed by atoms with Gasteiger partial charge in [0.2, 0.25) is 0 Å². The molecule has 1 aromatic heterocycles. The molecule has 0 fully saturated rings. The van der Waals surface area contributed by atoms with Crippen LogP contribution in [0.1, 0.15) is 16.7 Å². The fourth-order valence-electron chi connectivity index (χ4n) is 1.66. The Hall–Kier alpha value is -1.32. The standard InChI is InChI=1S/C13H12Cl2O3/c1-16-8-3-4-10(17-2)9(7-8)13(15)11-5-6-12(14)18-11/h3-7,13H,1-2H3. The van der Waals surface area contributed by atoms with Gasteiger partial charge in [0.25, 0.3) is 0 Å². The average Bonchev–Trinajstić information content (AvgIpc) is 2.83. The van der Waals surface area contributed by atoms with Gasteiger partial charge >= 0.3 is 0 Å². The monoisotopic (exact) mass is 286 g/mol. The van der Waals surface area contributed by atoms with Crippen LogP contribution in [0.25, 0.3) is 0 Å². The number of furan rings is 1. The van der Waals surface area contributed by atoms with Crippen molar-refractivity contribution in [3.63, 3.8) is 0 Å². The number of methoxy groups -OCH3 is 2. The minimum absolute atomic E-state index is 0.303. The molecule has 0 aliphatic carbocycles. The summed E-state index contributed by atoms with van der Waals surface area (Å²) in [6.07, 6.45) is 0. The number of hydrogen-bond acceptors (Lipinski definition) is 3. The molecule has 0 saturated carbocycles. The Balaban J connectivity index is 2.41. The first-order valence-electron chi connectivity index (χ1n) is 5.27. The first-order chi connectivity index (χ1) is 8.65. The van der Waals surface area contributed by atoms with Crippen molar-refractivity contribution in [2.75, 3.05) is 14.2 Å². The van der Waals surface area contributed by atoms with E-state index in [9.17, 15) is 0 Å². The van der Waals surface area contributed by atoms with E-state index in [0.29, 0.717) is 22.5 Å². The van der Waals surface area contributed by atoms with Crippen LogP contribution in [0.15, 0.2) is 34.7 Å². The molecule has 0 radical (unpaired) electrons. The molecular formula is C13H12Cl2O3. The molecule has 2 rings (SSSR count). The summed E-state index contributed by atoms with van der Waals surface area (Å²) in [5.74, 6) is 1.94. The molecule has 0 N–H and O–H groups in total. The van der Waals surface area contributed by atoms with Gasteiger partial charge in [-0.15, -0.1) is 11.6 Å². The number of benzene rings is 1. The zero-order valence-electron chi connectivity index (χ0n) is 9.94. The molecule has 96 valence electrons. The molecule has 0 aliphatic heterocycles. The molecule has 5 heteroatoms. The van der Waals surface area contributed by atoms with Gasteiger partial charge < -0.3 is 13.9 Å². The van der Waals surface area contributed by atoms with Crippen molar-refractivity contribution in [2.45, 2.75) is 5.38 Å². The molecule has 1 aromatic carbocycles. The lowest BCUT2D eigenvalue weighted by molar-refractivity contribution is 0.397. The summed E-state index contributed by atoms with van der Waals surface area (Å²) in [5, 5.41) is -0.180. The van der Waals surface area contributed by atoms with E-state index in [0.717, 1.165) is 5.56 Å². The predicted molar refractivity (Wildman–Crippen MR) is 71.0 cm³/mol. The fourth-order valence-corrected chi connectivity index (χ4v) is 2.10. The summed E-state index contributed by atoms with van der Waals surface area (Å²) >= 11 is 12.1. The van der Waals surface area contributed by atoms with E-state index in [1.165, 1.54) is 0 Å². The van der Waals surface area contributed by atoms with Crippen LogP contribution < -0.4 is 9.47 Å². The van der Waals surface area contributed by atoms with Crippen LogP contribution in [-0.2, 0) is 0 Å². The van der Waals surface area contributed by atoms with Crippen LogP contribution >= 0.6 is 23.2 Å². The molecule has 2 aromatic rings. The number of rotatable bonds is 4. The first-order valence-corrected chi connectivity index (χ1v) is 6.08. The number of ether oxygens (including phenoxy) is 2. The van der Waals surface area contributed by atoms with Gasteiger partial charge in [-0.1, -0.05) is 0 Å². The van der Waals surface area contributed by atoms with Gasteiger partial charge in [-0.05, 0) is 41.9 Å². The van der Waals surface area contributed by atoms with Gasteiger partial charge in [0.15, 0.2) is 5.22 Å². The van der Waals surface area contributed by atoms with E-state index in [-0.39, 0.29) is 0 Å². The molecule has 3 nitrogen and oxygen atoms in total. The molecule has 1 heterocycles. The van der Waals surface area contributed by atoms with Crippen molar-refractivity contribution in [1.82, 2.24) is 0 Å². The minimum Gasteiger partial charge on any atom is -0.497 e. The van der Waals surface area contributed by atoms with Crippen molar-refractivity contribution < 1.29 is 13.9 Å². The number of hydrogen-bond donors (Lipinski definition) is 0. The van der Waals surface area contributed by atoms with E-state index in [1.807, 2.05) is 6.07 Å². The summed E-state index contributed by atoms with van der Waals surface area (Å²) in [6.45, 7) is 0. The molecule has 0 bridgehead atoms. The van der Waals surface area contributed by atoms with Gasteiger partial charge in [0.1, 0.15) is 22.6 Å². The number of halogens is 2. The fraction of sp³-hybridized carbons (Fsp3) is 0.231. The SMILES string of the molecule is COc1ccc(OC)c(C(Cl)c2ccc(Cl)o2)c1. The molecule has 0 saturated heterocycles. The van der Waals surface area contributed by atoms with Crippen molar-refractivity contribution >= 4 is 23.2 Å². The largest absolute Gasteiger partial charge is 0.497 e. The third-order valence-corrected chi connectivity index (χ3v) is 3.21. The zero-order chi connectivity index (χ0) is 13.1. The lowest BCUT2D eigenvalue weighted by Crippen LogP contribution is -1.97. The normalized spacial score (nSPS) is 12.2. The molecule has 0 aliphatic rings. The quantitative estimate of drug-likeness (QED) is 0.787. The van der Waals surface area contributed by atoms with Crippen LogP contribution in [0.5, 0.6) is 11.5 Å². The van der Waals surface area contributed by atoms with Gasteiger partial charge in [-0.3, -0.25) is 0 Å². The molecule has 1 unspecified atom stereocenters. The van der Waals surface area contributed by atoms with Gasteiger partial charge in [0, 0.05) is 5.56 Å². The smallest absolute Gasteiger partial charge is 0.193 e. The van der Waals surface area contributed by atoms with E-state index >= 15 is 0 Å². The highest BCUT2D eigenvalue weighted by Crippen LogP contribution is 2.38. The predicted octanol–water partition coefficient (Wildman–Crippen LogP) is 4.28. The highest BCUT2D eigenvalue weighted by molar-refractivity contribution is 6.29. The molecule has 0 spiro atoms. The third-order valence-electron chi connectivity index (χ3n) is 2.55. The van der Waals surface area contributed by atoms with Crippen LogP contribution in [0.4, 0.5) is 0 Å². The highest BCUT2D eigenvalue weighted by Gasteiger charge is 2.19. The molecule has 0 amide bonds. The summed E-state index contributed by atoms with van der Waals surface area (Å²) in [4.78, 5) is 0. The van der Waals surface area contributed by atoms with Gasteiger partial charge in [-0.25, -0.2) is 0 Å². The van der Waals surface area contributed by atoms with Crippen LogP contribution in [-0.4, -0.2) is 14.2 Å². The highest BCUT2D eigenvalue weighted by atomic mass is 35.5. The zero-order valence-corrected chi connectivity index (χ0v) is 11.5. The maximum absolute atomic E-state index is 6.37. The Labute approximate surface area is 115 Å². The first kappa shape index (κ1) is 13.1. The minimum atomic E-state index is -0.484. The summed E-state index contributed by atoms with van der Waals surface area (Å²) in [5.41, 5.74) is 0.768. The Bertz CT molecular complexity index is 537. The van der Waals surface area contributed by atoms with Crippen LogP contribution in [0.3, 0.4) is 0 Å². The molecular weight excluding hydrogens is 275 g/mol. The van der Waals surface area contributed by atoms with E-state index in [4.69, 9.17) is 37.1 Å². The second kappa shape index (κ2) is 5.55. The molecule has 18 heavy (non-hydrogen) atoms. The van der Waals surface area contributed by atoms with Crippen LogP contribution in [0.2, 0.25) is 5.22 Å². The topological polar surface area (TPSA) is 31.6 Å². The van der Waals surface area contributed by atoms with E-state index in [1.54, 1.807) is 38.5 Å². The Morgan fingerprint density at radius 1 is 1.11 bits per heavy atom. The second-order valence-corrected chi connectivity index (χ2v) is 4.42. The van der Waals surface area contributed by atoms with Crippen molar-refractivity contribution in [3.8, 4) is 11.5 Å². The Kier molecular flexibility index (Phi) is 4.04. The van der Waals surface area contributed by atoms with Crippen LogP contribution in [0, 0.1) is 0 Å². The lowest BCUT2D eigenvalue weighted by atomic mass is 10.1. The number of alkyl halides is 1. The van der Waals surface area contributed by atoms with Crippen molar-refractivity contribution in [3.05, 3.63) is 46.9 Å².